The number of esters is 1. The fourth-order valence-electron chi connectivity index (χ4n) is 1.58. The summed E-state index contributed by atoms with van der Waals surface area (Å²) in [5.41, 5.74) is 2.73. The first-order chi connectivity index (χ1) is 8.41. The van der Waals surface area contributed by atoms with E-state index >= 15 is 0 Å². The molecule has 0 saturated heterocycles. The monoisotopic (exact) mass is 261 g/mol. The van der Waals surface area contributed by atoms with Gasteiger partial charge in [-0.15, -0.1) is 0 Å². The van der Waals surface area contributed by atoms with E-state index in [1.165, 1.54) is 12.1 Å². The summed E-state index contributed by atoms with van der Waals surface area (Å²) in [7, 11) is 0. The highest BCUT2D eigenvalue weighted by atomic mass is 19.3. The molecule has 0 heterocycles. The zero-order chi connectivity index (χ0) is 13.8. The molecule has 18 heavy (non-hydrogen) atoms. The minimum Gasteiger partial charge on any atom is -0.466 e. The van der Waals surface area contributed by atoms with Gasteiger partial charge in [0.1, 0.15) is 11.4 Å². The molecule has 0 saturated carbocycles. The highest BCUT2D eigenvalue weighted by Crippen LogP contribution is 2.31. The number of hydrogen-bond acceptors (Lipinski definition) is 3. The summed E-state index contributed by atoms with van der Waals surface area (Å²) >= 11 is 0. The minimum atomic E-state index is -3.08. The number of benzene rings is 1. The molecular weight excluding hydrogens is 247 g/mol. The van der Waals surface area contributed by atoms with Gasteiger partial charge in [0.15, 0.2) is 0 Å². The molecule has 0 aliphatic rings. The van der Waals surface area contributed by atoms with Crippen LogP contribution in [0.2, 0.25) is 0 Å². The maximum Gasteiger partial charge on any atom is 0.308 e. The van der Waals surface area contributed by atoms with E-state index in [2.05, 4.69) is 4.74 Å². The van der Waals surface area contributed by atoms with Crippen molar-refractivity contribution < 1.29 is 22.7 Å². The van der Waals surface area contributed by atoms with Crippen molar-refractivity contribution in [1.29, 1.82) is 0 Å². The molecule has 0 bridgehead atoms. The van der Waals surface area contributed by atoms with Crippen molar-refractivity contribution in [2.24, 2.45) is 5.73 Å². The zero-order valence-corrected chi connectivity index (χ0v) is 9.83. The lowest BCUT2D eigenvalue weighted by Gasteiger charge is -2.28. The Hall–Kier alpha value is -1.56. The SMILES string of the molecule is CCOC(=O)C[C@@](N)(c1ccccc1F)C(F)F. The third-order valence-corrected chi connectivity index (χ3v) is 2.51. The van der Waals surface area contributed by atoms with Crippen molar-refractivity contribution in [3.05, 3.63) is 35.6 Å². The number of carbonyl (C=O) groups is 1. The smallest absolute Gasteiger partial charge is 0.308 e. The minimum absolute atomic E-state index is 0.0510. The second-order valence-electron chi connectivity index (χ2n) is 3.80. The number of halogens is 3. The van der Waals surface area contributed by atoms with E-state index in [0.717, 1.165) is 12.1 Å². The fraction of sp³-hybridized carbons (Fsp3) is 0.417. The summed E-state index contributed by atoms with van der Waals surface area (Å²) in [4.78, 5) is 11.3. The molecule has 1 aromatic carbocycles. The first-order valence-electron chi connectivity index (χ1n) is 5.39. The van der Waals surface area contributed by atoms with Crippen LogP contribution in [0.1, 0.15) is 18.9 Å². The molecule has 0 spiro atoms. The molecule has 0 aliphatic carbocycles. The van der Waals surface area contributed by atoms with E-state index in [0.29, 0.717) is 0 Å². The summed E-state index contributed by atoms with van der Waals surface area (Å²) in [5.74, 6) is -1.76. The van der Waals surface area contributed by atoms with Gasteiger partial charge in [-0.05, 0) is 13.0 Å². The van der Waals surface area contributed by atoms with Crippen LogP contribution in [0.5, 0.6) is 0 Å². The number of carbonyl (C=O) groups excluding carboxylic acids is 1. The van der Waals surface area contributed by atoms with E-state index < -0.39 is 35.7 Å². The lowest BCUT2D eigenvalue weighted by atomic mass is 9.87. The van der Waals surface area contributed by atoms with Gasteiger partial charge in [-0.25, -0.2) is 13.2 Å². The Morgan fingerprint density at radius 1 is 1.44 bits per heavy atom. The van der Waals surface area contributed by atoms with Crippen molar-refractivity contribution in [1.82, 2.24) is 0 Å². The molecule has 100 valence electrons. The average Bonchev–Trinajstić information content (AvgIpc) is 2.29. The summed E-state index contributed by atoms with van der Waals surface area (Å²) < 4.78 is 44.2. The van der Waals surface area contributed by atoms with Crippen LogP contribution in [0, 0.1) is 5.82 Å². The molecule has 1 atom stereocenters. The number of rotatable bonds is 5. The van der Waals surface area contributed by atoms with Crippen molar-refractivity contribution >= 4 is 5.97 Å². The van der Waals surface area contributed by atoms with E-state index in [9.17, 15) is 18.0 Å². The predicted octanol–water partition coefficient (Wildman–Crippen LogP) is 2.20. The topological polar surface area (TPSA) is 52.3 Å². The third kappa shape index (κ3) is 3.01. The molecule has 1 rings (SSSR count). The summed E-state index contributed by atoms with van der Waals surface area (Å²) in [6, 6.07) is 4.90. The lowest BCUT2D eigenvalue weighted by molar-refractivity contribution is -0.146. The van der Waals surface area contributed by atoms with Crippen LogP contribution in [0.3, 0.4) is 0 Å². The molecule has 0 aliphatic heterocycles. The maximum atomic E-state index is 13.5. The molecular formula is C12H14F3NO2. The molecule has 3 nitrogen and oxygen atoms in total. The number of hydrogen-bond donors (Lipinski definition) is 1. The van der Waals surface area contributed by atoms with Crippen LogP contribution in [-0.4, -0.2) is 19.0 Å². The Balaban J connectivity index is 3.08. The predicted molar refractivity (Wildman–Crippen MR) is 59.5 cm³/mol. The zero-order valence-electron chi connectivity index (χ0n) is 9.83. The van der Waals surface area contributed by atoms with E-state index in [-0.39, 0.29) is 6.61 Å². The van der Waals surface area contributed by atoms with Crippen LogP contribution in [0.4, 0.5) is 13.2 Å². The van der Waals surface area contributed by atoms with Crippen LogP contribution in [-0.2, 0) is 15.1 Å². The molecule has 6 heteroatoms. The van der Waals surface area contributed by atoms with Gasteiger partial charge in [-0.2, -0.15) is 0 Å². The average molecular weight is 261 g/mol. The van der Waals surface area contributed by atoms with Crippen LogP contribution in [0.15, 0.2) is 24.3 Å². The first kappa shape index (κ1) is 14.5. The number of ether oxygens (including phenoxy) is 1. The maximum absolute atomic E-state index is 13.5. The van der Waals surface area contributed by atoms with Gasteiger partial charge in [0.05, 0.1) is 13.0 Å². The molecule has 0 amide bonds. The second kappa shape index (κ2) is 5.86. The van der Waals surface area contributed by atoms with Crippen LogP contribution < -0.4 is 5.73 Å². The van der Waals surface area contributed by atoms with Gasteiger partial charge in [0.25, 0.3) is 6.43 Å². The van der Waals surface area contributed by atoms with Crippen LogP contribution >= 0.6 is 0 Å². The van der Waals surface area contributed by atoms with Crippen molar-refractivity contribution in [2.75, 3.05) is 6.61 Å². The van der Waals surface area contributed by atoms with Gasteiger partial charge in [0, 0.05) is 5.56 Å². The highest BCUT2D eigenvalue weighted by Gasteiger charge is 2.42. The quantitative estimate of drug-likeness (QED) is 0.827. The molecule has 1 aromatic rings. The largest absolute Gasteiger partial charge is 0.466 e. The van der Waals surface area contributed by atoms with E-state index in [1.807, 2.05) is 0 Å². The Morgan fingerprint density at radius 2 is 2.06 bits per heavy atom. The fourth-order valence-corrected chi connectivity index (χ4v) is 1.58. The molecule has 2 N–H and O–H groups in total. The summed E-state index contributed by atoms with van der Waals surface area (Å²) in [6.45, 7) is 1.59. The normalized spacial score (nSPS) is 14.3. The second-order valence-corrected chi connectivity index (χ2v) is 3.80. The Bertz CT molecular complexity index is 426. The van der Waals surface area contributed by atoms with Crippen molar-refractivity contribution in [3.8, 4) is 0 Å². The number of nitrogens with two attached hydrogens (primary N) is 1. The molecule has 0 fully saturated rings. The summed E-state index contributed by atoms with van der Waals surface area (Å²) in [6.07, 6.45) is -3.86. The van der Waals surface area contributed by atoms with E-state index in [4.69, 9.17) is 5.73 Å². The first-order valence-corrected chi connectivity index (χ1v) is 5.39. The third-order valence-electron chi connectivity index (χ3n) is 2.51. The molecule has 0 aromatic heterocycles. The van der Waals surface area contributed by atoms with Gasteiger partial charge in [-0.3, -0.25) is 4.79 Å². The molecule has 0 radical (unpaired) electrons. The van der Waals surface area contributed by atoms with Gasteiger partial charge < -0.3 is 10.5 Å². The Labute approximate surface area is 103 Å². The molecule has 0 unspecified atom stereocenters. The Kier molecular flexibility index (Phi) is 4.72. The lowest BCUT2D eigenvalue weighted by Crippen LogP contribution is -2.46. The summed E-state index contributed by atoms with van der Waals surface area (Å²) in [5, 5.41) is 0. The van der Waals surface area contributed by atoms with Crippen LogP contribution in [0.25, 0.3) is 0 Å². The Morgan fingerprint density at radius 3 is 2.56 bits per heavy atom. The van der Waals surface area contributed by atoms with Crippen molar-refractivity contribution in [3.63, 3.8) is 0 Å². The van der Waals surface area contributed by atoms with Crippen molar-refractivity contribution in [2.45, 2.75) is 25.3 Å². The van der Waals surface area contributed by atoms with Gasteiger partial charge in [0.2, 0.25) is 0 Å². The van der Waals surface area contributed by atoms with Gasteiger partial charge >= 0.3 is 5.97 Å². The standard InChI is InChI=1S/C12H14F3NO2/c1-2-18-10(17)7-12(16,11(14)15)8-5-3-4-6-9(8)13/h3-6,11H,2,7,16H2,1H3/t12-/m1/s1. The van der Waals surface area contributed by atoms with Gasteiger partial charge in [-0.1, -0.05) is 18.2 Å². The van der Waals surface area contributed by atoms with E-state index in [1.54, 1.807) is 6.92 Å². The highest BCUT2D eigenvalue weighted by molar-refractivity contribution is 5.71. The number of alkyl halides is 2.